The van der Waals surface area contributed by atoms with Gasteiger partial charge < -0.3 is 14.5 Å². The van der Waals surface area contributed by atoms with Gasteiger partial charge in [0.15, 0.2) is 0 Å². The first-order chi connectivity index (χ1) is 9.97. The van der Waals surface area contributed by atoms with Gasteiger partial charge in [-0.25, -0.2) is 0 Å². The molecule has 0 aliphatic carbocycles. The lowest BCUT2D eigenvalue weighted by Crippen LogP contribution is -2.48. The first-order valence-corrected chi connectivity index (χ1v) is 7.18. The van der Waals surface area contributed by atoms with Crippen LogP contribution in [0.4, 0.5) is 0 Å². The smallest absolute Gasteiger partial charge is 0.262 e. The first-order valence-electron chi connectivity index (χ1n) is 6.37. The van der Waals surface area contributed by atoms with Crippen molar-refractivity contribution in [3.05, 3.63) is 34.9 Å². The van der Waals surface area contributed by atoms with Crippen molar-refractivity contribution in [2.45, 2.75) is 19.4 Å². The molecule has 0 saturated heterocycles. The molecule has 0 fully saturated rings. The fraction of sp³-hybridized carbons (Fsp3) is 0.333. The summed E-state index contributed by atoms with van der Waals surface area (Å²) in [6.45, 7) is 3.62. The van der Waals surface area contributed by atoms with E-state index in [1.54, 1.807) is 13.0 Å². The van der Waals surface area contributed by atoms with Gasteiger partial charge in [-0.2, -0.15) is 5.26 Å². The second kappa shape index (κ2) is 6.12. The van der Waals surface area contributed by atoms with E-state index in [-0.39, 0.29) is 12.5 Å². The Bertz CT molecular complexity index is 683. The molecule has 2 rings (SSSR count). The molecular formula is C15H16N2O3S. The van der Waals surface area contributed by atoms with E-state index in [2.05, 4.69) is 11.4 Å². The minimum atomic E-state index is -1.04. The lowest BCUT2D eigenvalue weighted by molar-refractivity contribution is 0.0864. The zero-order valence-electron chi connectivity index (χ0n) is 12.1. The summed E-state index contributed by atoms with van der Waals surface area (Å²) < 4.78 is 10.5. The van der Waals surface area contributed by atoms with Crippen molar-refractivity contribution < 1.29 is 13.9 Å². The third kappa shape index (κ3) is 3.51. The van der Waals surface area contributed by atoms with Crippen LogP contribution in [0.25, 0.3) is 10.6 Å². The normalized spacial score (nSPS) is 13.4. The van der Waals surface area contributed by atoms with Gasteiger partial charge in [-0.05, 0) is 38.1 Å². The highest BCUT2D eigenvalue weighted by Crippen LogP contribution is 2.29. The maximum absolute atomic E-state index is 12.2. The Morgan fingerprint density at radius 2 is 2.24 bits per heavy atom. The van der Waals surface area contributed by atoms with E-state index in [4.69, 9.17) is 14.4 Å². The van der Waals surface area contributed by atoms with Gasteiger partial charge in [0.2, 0.25) is 0 Å². The average Bonchev–Trinajstić information content (AvgIpc) is 3.07. The second-order valence-electron chi connectivity index (χ2n) is 4.91. The SMILES string of the molecule is COC[C@](C)(C#N)NC(=O)c1ccc(-c2ccc(C)o2)s1. The predicted octanol–water partition coefficient (Wildman–Crippen LogP) is 2.98. The second-order valence-corrected chi connectivity index (χ2v) is 5.99. The van der Waals surface area contributed by atoms with E-state index >= 15 is 0 Å². The van der Waals surface area contributed by atoms with E-state index in [1.807, 2.05) is 25.1 Å². The number of hydrogen-bond donors (Lipinski definition) is 1. The van der Waals surface area contributed by atoms with E-state index in [0.717, 1.165) is 16.4 Å². The number of amides is 1. The number of carbonyl (C=O) groups is 1. The Labute approximate surface area is 127 Å². The number of ether oxygens (including phenoxy) is 1. The quantitative estimate of drug-likeness (QED) is 0.921. The van der Waals surface area contributed by atoms with Crippen molar-refractivity contribution in [2.75, 3.05) is 13.7 Å². The van der Waals surface area contributed by atoms with Gasteiger partial charge in [0.25, 0.3) is 5.91 Å². The molecule has 0 aliphatic heterocycles. The number of rotatable bonds is 5. The molecule has 110 valence electrons. The Morgan fingerprint density at radius 1 is 1.48 bits per heavy atom. The van der Waals surface area contributed by atoms with Crippen LogP contribution in [0.5, 0.6) is 0 Å². The molecule has 5 nitrogen and oxygen atoms in total. The van der Waals surface area contributed by atoms with E-state index in [1.165, 1.54) is 18.4 Å². The summed E-state index contributed by atoms with van der Waals surface area (Å²) in [6, 6.07) is 9.35. The van der Waals surface area contributed by atoms with Crippen molar-refractivity contribution in [3.63, 3.8) is 0 Å². The van der Waals surface area contributed by atoms with Gasteiger partial charge in [0.1, 0.15) is 17.1 Å². The molecule has 1 atom stereocenters. The summed E-state index contributed by atoms with van der Waals surface area (Å²) in [5.74, 6) is 1.26. The molecule has 0 aliphatic rings. The summed E-state index contributed by atoms with van der Waals surface area (Å²) in [5.41, 5.74) is -1.04. The number of nitrogens with one attached hydrogen (secondary N) is 1. The number of methoxy groups -OCH3 is 1. The van der Waals surface area contributed by atoms with Gasteiger partial charge in [0, 0.05) is 7.11 Å². The zero-order chi connectivity index (χ0) is 15.5. The molecular weight excluding hydrogens is 288 g/mol. The summed E-state index contributed by atoms with van der Waals surface area (Å²) >= 11 is 1.32. The molecule has 0 radical (unpaired) electrons. The van der Waals surface area contributed by atoms with Crippen LogP contribution < -0.4 is 5.32 Å². The molecule has 0 unspecified atom stereocenters. The highest BCUT2D eigenvalue weighted by Gasteiger charge is 2.27. The summed E-state index contributed by atoms with van der Waals surface area (Å²) in [5, 5.41) is 11.8. The number of nitrogens with zero attached hydrogens (tertiary/aromatic N) is 1. The highest BCUT2D eigenvalue weighted by molar-refractivity contribution is 7.17. The maximum atomic E-state index is 12.2. The maximum Gasteiger partial charge on any atom is 0.262 e. The fourth-order valence-electron chi connectivity index (χ4n) is 1.86. The molecule has 1 N–H and O–H groups in total. The summed E-state index contributed by atoms with van der Waals surface area (Å²) in [4.78, 5) is 13.6. The van der Waals surface area contributed by atoms with Crippen LogP contribution in [0.1, 0.15) is 22.4 Å². The van der Waals surface area contributed by atoms with Crippen LogP contribution in [0.15, 0.2) is 28.7 Å². The summed E-state index contributed by atoms with van der Waals surface area (Å²) in [7, 11) is 1.49. The van der Waals surface area contributed by atoms with Crippen LogP contribution >= 0.6 is 11.3 Å². The number of hydrogen-bond acceptors (Lipinski definition) is 5. The van der Waals surface area contributed by atoms with Gasteiger partial charge >= 0.3 is 0 Å². The van der Waals surface area contributed by atoms with Crippen LogP contribution in [-0.4, -0.2) is 25.2 Å². The average molecular weight is 304 g/mol. The molecule has 0 spiro atoms. The van der Waals surface area contributed by atoms with Gasteiger partial charge in [-0.1, -0.05) is 0 Å². The van der Waals surface area contributed by atoms with Crippen molar-refractivity contribution in [3.8, 4) is 16.7 Å². The van der Waals surface area contributed by atoms with E-state index in [0.29, 0.717) is 4.88 Å². The number of furan rings is 1. The molecule has 2 heterocycles. The van der Waals surface area contributed by atoms with Crippen molar-refractivity contribution in [2.24, 2.45) is 0 Å². The van der Waals surface area contributed by atoms with Gasteiger partial charge in [0.05, 0.1) is 22.4 Å². The largest absolute Gasteiger partial charge is 0.461 e. The van der Waals surface area contributed by atoms with Crippen molar-refractivity contribution >= 4 is 17.2 Å². The van der Waals surface area contributed by atoms with Crippen LogP contribution in [0.2, 0.25) is 0 Å². The standard InChI is InChI=1S/C15H16N2O3S/c1-10-4-5-11(20-10)12-6-7-13(21-12)14(18)17-15(2,8-16)9-19-3/h4-7H,9H2,1-3H3,(H,17,18)/t15-/m0/s1. The lowest BCUT2D eigenvalue weighted by Gasteiger charge is -2.21. The van der Waals surface area contributed by atoms with Gasteiger partial charge in [-0.15, -0.1) is 11.3 Å². The number of thiophene rings is 1. The topological polar surface area (TPSA) is 75.3 Å². The Kier molecular flexibility index (Phi) is 4.46. The highest BCUT2D eigenvalue weighted by atomic mass is 32.1. The first kappa shape index (κ1) is 15.3. The molecule has 0 bridgehead atoms. The molecule has 0 saturated carbocycles. The molecule has 0 aromatic carbocycles. The Balaban J connectivity index is 2.14. The Hall–Kier alpha value is -2.10. The number of carbonyl (C=O) groups excluding carboxylic acids is 1. The Morgan fingerprint density at radius 3 is 2.81 bits per heavy atom. The molecule has 6 heteroatoms. The fourth-order valence-corrected chi connectivity index (χ4v) is 2.72. The zero-order valence-corrected chi connectivity index (χ0v) is 12.9. The van der Waals surface area contributed by atoms with Crippen molar-refractivity contribution in [1.82, 2.24) is 5.32 Å². The minimum absolute atomic E-state index is 0.130. The third-order valence-corrected chi connectivity index (χ3v) is 3.98. The van der Waals surface area contributed by atoms with Gasteiger partial charge in [-0.3, -0.25) is 4.79 Å². The molecule has 21 heavy (non-hydrogen) atoms. The lowest BCUT2D eigenvalue weighted by atomic mass is 10.1. The minimum Gasteiger partial charge on any atom is -0.461 e. The van der Waals surface area contributed by atoms with Crippen LogP contribution in [-0.2, 0) is 4.74 Å². The van der Waals surface area contributed by atoms with Crippen molar-refractivity contribution in [1.29, 1.82) is 5.26 Å². The van der Waals surface area contributed by atoms with Crippen LogP contribution in [0.3, 0.4) is 0 Å². The predicted molar refractivity (Wildman–Crippen MR) is 80.1 cm³/mol. The van der Waals surface area contributed by atoms with Crippen LogP contribution in [0, 0.1) is 18.3 Å². The number of nitriles is 1. The molecule has 1 amide bonds. The molecule has 2 aromatic rings. The van der Waals surface area contributed by atoms with E-state index in [9.17, 15) is 4.79 Å². The molecule has 2 aromatic heterocycles. The third-order valence-electron chi connectivity index (χ3n) is 2.88. The monoisotopic (exact) mass is 304 g/mol. The number of aryl methyl sites for hydroxylation is 1. The summed E-state index contributed by atoms with van der Waals surface area (Å²) in [6.07, 6.45) is 0. The van der Waals surface area contributed by atoms with E-state index < -0.39 is 5.54 Å².